The van der Waals surface area contributed by atoms with Crippen LogP contribution in [-0.4, -0.2) is 41.2 Å². The third kappa shape index (κ3) is 11.5. The molecule has 0 saturated carbocycles. The second-order valence-corrected chi connectivity index (χ2v) is 8.45. The topological polar surface area (TPSA) is 93.7 Å². The molecule has 8 heteroatoms. The summed E-state index contributed by atoms with van der Waals surface area (Å²) in [5, 5.41) is 5.38. The predicted octanol–water partition coefficient (Wildman–Crippen LogP) is 3.87. The molecule has 0 aliphatic rings. The number of amides is 2. The molecular weight excluding hydrogens is 380 g/mol. The maximum Gasteiger partial charge on any atom is 0.407 e. The minimum absolute atomic E-state index is 0.0464. The average molecular weight is 411 g/mol. The molecule has 28 heavy (non-hydrogen) atoms. The lowest BCUT2D eigenvalue weighted by atomic mass is 10.1. The molecule has 0 bridgehead atoms. The zero-order chi connectivity index (χ0) is 21.0. The van der Waals surface area contributed by atoms with Crippen LogP contribution in [0.3, 0.4) is 0 Å². The predicted molar refractivity (Wildman–Crippen MR) is 110 cm³/mol. The number of ether oxygens (including phenoxy) is 2. The van der Waals surface area contributed by atoms with Crippen LogP contribution in [0.1, 0.15) is 46.1 Å². The van der Waals surface area contributed by atoms with Gasteiger partial charge in [0.2, 0.25) is 0 Å². The Morgan fingerprint density at radius 2 is 1.79 bits per heavy atom. The van der Waals surface area contributed by atoms with Crippen LogP contribution in [0.25, 0.3) is 0 Å². The molecule has 0 saturated heterocycles. The number of hydrogen-bond donors (Lipinski definition) is 2. The number of rotatable bonds is 9. The van der Waals surface area contributed by atoms with Crippen molar-refractivity contribution in [3.63, 3.8) is 0 Å². The number of nitrogens with one attached hydrogen (secondary N) is 2. The SMILES string of the molecule is CCSC(=O)CC[C@@H](CNC(=O)OCc1ccccc1)NC(=O)OC(C)(C)C. The fraction of sp³-hybridized carbons (Fsp3) is 0.550. The van der Waals surface area contributed by atoms with Crippen molar-refractivity contribution in [2.75, 3.05) is 12.3 Å². The van der Waals surface area contributed by atoms with Crippen molar-refractivity contribution in [3.05, 3.63) is 35.9 Å². The third-order valence-corrected chi connectivity index (χ3v) is 4.24. The molecule has 2 N–H and O–H groups in total. The lowest BCUT2D eigenvalue weighted by Crippen LogP contribution is -2.45. The van der Waals surface area contributed by atoms with Crippen molar-refractivity contribution in [2.45, 2.75) is 58.8 Å². The van der Waals surface area contributed by atoms with E-state index >= 15 is 0 Å². The Hall–Kier alpha value is -2.22. The highest BCUT2D eigenvalue weighted by Gasteiger charge is 2.21. The summed E-state index contributed by atoms with van der Waals surface area (Å²) >= 11 is 1.24. The van der Waals surface area contributed by atoms with Gasteiger partial charge in [0, 0.05) is 13.0 Å². The van der Waals surface area contributed by atoms with Gasteiger partial charge in [-0.3, -0.25) is 4.79 Å². The molecule has 7 nitrogen and oxygen atoms in total. The Labute approximate surface area is 170 Å². The monoisotopic (exact) mass is 410 g/mol. The van der Waals surface area contributed by atoms with Crippen molar-refractivity contribution in [1.82, 2.24) is 10.6 Å². The first-order chi connectivity index (χ1) is 13.2. The highest BCUT2D eigenvalue weighted by atomic mass is 32.2. The minimum Gasteiger partial charge on any atom is -0.445 e. The molecule has 0 spiro atoms. The van der Waals surface area contributed by atoms with Crippen molar-refractivity contribution < 1.29 is 23.9 Å². The van der Waals surface area contributed by atoms with E-state index in [4.69, 9.17) is 9.47 Å². The Balaban J connectivity index is 2.51. The molecule has 0 radical (unpaired) electrons. The Morgan fingerprint density at radius 3 is 2.39 bits per heavy atom. The van der Waals surface area contributed by atoms with E-state index in [2.05, 4.69) is 10.6 Å². The van der Waals surface area contributed by atoms with E-state index in [1.54, 1.807) is 20.8 Å². The maximum absolute atomic E-state index is 12.0. The largest absolute Gasteiger partial charge is 0.445 e. The van der Waals surface area contributed by atoms with Crippen molar-refractivity contribution in [1.29, 1.82) is 0 Å². The van der Waals surface area contributed by atoms with Crippen molar-refractivity contribution >= 4 is 29.1 Å². The maximum atomic E-state index is 12.0. The van der Waals surface area contributed by atoms with Crippen LogP contribution in [0.4, 0.5) is 9.59 Å². The van der Waals surface area contributed by atoms with Crippen LogP contribution >= 0.6 is 11.8 Å². The zero-order valence-electron chi connectivity index (χ0n) is 16.9. The van der Waals surface area contributed by atoms with E-state index in [-0.39, 0.29) is 18.3 Å². The van der Waals surface area contributed by atoms with Crippen LogP contribution in [0.5, 0.6) is 0 Å². The first kappa shape index (κ1) is 23.8. The molecule has 0 aliphatic heterocycles. The molecule has 2 amide bonds. The van der Waals surface area contributed by atoms with Gasteiger partial charge in [0.1, 0.15) is 12.2 Å². The van der Waals surface area contributed by atoms with Crippen molar-refractivity contribution in [2.24, 2.45) is 0 Å². The van der Waals surface area contributed by atoms with Crippen LogP contribution in [-0.2, 0) is 20.9 Å². The van der Waals surface area contributed by atoms with Gasteiger partial charge in [0.15, 0.2) is 5.12 Å². The fourth-order valence-corrected chi connectivity index (χ4v) is 2.79. The van der Waals surface area contributed by atoms with E-state index in [1.807, 2.05) is 37.3 Å². The molecule has 0 fully saturated rings. The van der Waals surface area contributed by atoms with Gasteiger partial charge < -0.3 is 20.1 Å². The van der Waals surface area contributed by atoms with Gasteiger partial charge in [-0.25, -0.2) is 9.59 Å². The van der Waals surface area contributed by atoms with E-state index in [0.29, 0.717) is 18.6 Å². The molecule has 1 atom stereocenters. The van der Waals surface area contributed by atoms with Gasteiger partial charge >= 0.3 is 12.2 Å². The summed E-state index contributed by atoms with van der Waals surface area (Å²) in [5.74, 6) is 0.701. The number of carbonyl (C=O) groups is 3. The van der Waals surface area contributed by atoms with Crippen LogP contribution in [0.15, 0.2) is 30.3 Å². The Bertz CT molecular complexity index is 631. The fourth-order valence-electron chi connectivity index (χ4n) is 2.21. The van der Waals surface area contributed by atoms with Gasteiger partial charge in [0.25, 0.3) is 0 Å². The summed E-state index contributed by atoms with van der Waals surface area (Å²) < 4.78 is 10.4. The quantitative estimate of drug-likeness (QED) is 0.642. The summed E-state index contributed by atoms with van der Waals surface area (Å²) in [4.78, 5) is 35.7. The first-order valence-electron chi connectivity index (χ1n) is 9.29. The number of hydrogen-bond acceptors (Lipinski definition) is 6. The molecule has 0 unspecified atom stereocenters. The molecule has 0 aliphatic carbocycles. The normalized spacial score (nSPS) is 12.0. The Kier molecular flexibility index (Phi) is 10.4. The molecular formula is C20H30N2O5S. The van der Waals surface area contributed by atoms with Crippen molar-refractivity contribution in [3.8, 4) is 0 Å². The van der Waals surface area contributed by atoms with Crippen LogP contribution in [0, 0.1) is 0 Å². The summed E-state index contributed by atoms with van der Waals surface area (Å²) in [7, 11) is 0. The summed E-state index contributed by atoms with van der Waals surface area (Å²) in [5.41, 5.74) is 0.244. The molecule has 0 aromatic heterocycles. The summed E-state index contributed by atoms with van der Waals surface area (Å²) in [6, 6.07) is 8.88. The van der Waals surface area contributed by atoms with E-state index < -0.39 is 23.8 Å². The zero-order valence-corrected chi connectivity index (χ0v) is 17.8. The van der Waals surface area contributed by atoms with Gasteiger partial charge in [-0.2, -0.15) is 0 Å². The van der Waals surface area contributed by atoms with Gasteiger partial charge in [-0.15, -0.1) is 0 Å². The number of thioether (sulfide) groups is 1. The number of benzene rings is 1. The second kappa shape index (κ2) is 12.3. The molecule has 1 rings (SSSR count). The smallest absolute Gasteiger partial charge is 0.407 e. The molecule has 1 aromatic rings. The molecule has 0 heterocycles. The average Bonchev–Trinajstić information content (AvgIpc) is 2.61. The van der Waals surface area contributed by atoms with Crippen LogP contribution in [0.2, 0.25) is 0 Å². The second-order valence-electron chi connectivity index (χ2n) is 7.13. The highest BCUT2D eigenvalue weighted by Crippen LogP contribution is 2.10. The minimum atomic E-state index is -0.634. The van der Waals surface area contributed by atoms with E-state index in [9.17, 15) is 14.4 Å². The summed E-state index contributed by atoms with van der Waals surface area (Å²) in [6.07, 6.45) is -0.495. The van der Waals surface area contributed by atoms with Gasteiger partial charge in [0.05, 0.1) is 6.04 Å². The molecule has 156 valence electrons. The number of alkyl carbamates (subject to hydrolysis) is 2. The summed E-state index contributed by atoms with van der Waals surface area (Å²) in [6.45, 7) is 7.50. The van der Waals surface area contributed by atoms with E-state index in [0.717, 1.165) is 5.56 Å². The van der Waals surface area contributed by atoms with E-state index in [1.165, 1.54) is 11.8 Å². The standard InChI is InChI=1S/C20H30N2O5S/c1-5-28-17(23)12-11-16(22-19(25)27-20(2,3)4)13-21-18(24)26-14-15-9-7-6-8-10-15/h6-10,16H,5,11-14H2,1-4H3,(H,21,24)(H,22,25)/t16-/m0/s1. The highest BCUT2D eigenvalue weighted by molar-refractivity contribution is 8.13. The lowest BCUT2D eigenvalue weighted by Gasteiger charge is -2.23. The number of carbonyl (C=O) groups excluding carboxylic acids is 3. The van der Waals surface area contributed by atoms with Gasteiger partial charge in [-0.1, -0.05) is 49.0 Å². The molecule has 1 aromatic carbocycles. The first-order valence-corrected chi connectivity index (χ1v) is 10.3. The third-order valence-electron chi connectivity index (χ3n) is 3.43. The van der Waals surface area contributed by atoms with Crippen LogP contribution < -0.4 is 10.6 Å². The van der Waals surface area contributed by atoms with Gasteiger partial charge in [-0.05, 0) is 38.5 Å². The Morgan fingerprint density at radius 1 is 1.11 bits per heavy atom. The lowest BCUT2D eigenvalue weighted by molar-refractivity contribution is -0.111.